The summed E-state index contributed by atoms with van der Waals surface area (Å²) in [6, 6.07) is 65.6. The average molecular weight is 747 g/mol. The summed E-state index contributed by atoms with van der Waals surface area (Å²) in [7, 11) is 0. The van der Waals surface area contributed by atoms with Crippen molar-refractivity contribution in [2.75, 3.05) is 0 Å². The highest BCUT2D eigenvalue weighted by Gasteiger charge is 2.51. The summed E-state index contributed by atoms with van der Waals surface area (Å²) in [6.07, 6.45) is 14.3. The molecular weight excluding hydrogens is 697 g/mol. The zero-order valence-electron chi connectivity index (χ0n) is 33.8. The minimum absolute atomic E-state index is 0.327. The quantitative estimate of drug-likeness (QED) is 0.129. The summed E-state index contributed by atoms with van der Waals surface area (Å²) >= 11 is 0. The molecule has 0 aromatic heterocycles. The average Bonchev–Trinajstić information content (AvgIpc) is 3.73. The van der Waals surface area contributed by atoms with Gasteiger partial charge in [0.05, 0.1) is 5.41 Å². The predicted molar refractivity (Wildman–Crippen MR) is 250 cm³/mol. The third kappa shape index (κ3) is 7.19. The molecule has 1 unspecified atom stereocenters. The number of aryl methyl sites for hydroxylation is 1. The lowest BCUT2D eigenvalue weighted by Gasteiger charge is -2.31. The van der Waals surface area contributed by atoms with E-state index in [1.807, 2.05) is 12.1 Å². The Labute approximate surface area is 345 Å². The van der Waals surface area contributed by atoms with Crippen LogP contribution in [0.1, 0.15) is 58.4 Å². The number of hydrogen-bond acceptors (Lipinski definition) is 0. The fourth-order valence-corrected chi connectivity index (χ4v) is 9.09. The van der Waals surface area contributed by atoms with Crippen molar-refractivity contribution in [3.05, 3.63) is 269 Å². The first-order chi connectivity index (χ1) is 28.5. The van der Waals surface area contributed by atoms with Crippen LogP contribution >= 0.6 is 0 Å². The van der Waals surface area contributed by atoms with Crippen molar-refractivity contribution < 1.29 is 0 Å². The fraction of sp³-hybridized carbons (Fsp3) is 0.103. The monoisotopic (exact) mass is 746 g/mol. The van der Waals surface area contributed by atoms with E-state index < -0.39 is 0 Å². The second-order valence-electron chi connectivity index (χ2n) is 15.3. The van der Waals surface area contributed by atoms with Gasteiger partial charge in [-0.1, -0.05) is 238 Å². The van der Waals surface area contributed by atoms with Gasteiger partial charge in [-0.05, 0) is 104 Å². The lowest BCUT2D eigenvalue weighted by atomic mass is 9.69. The molecule has 0 fully saturated rings. The first kappa shape index (κ1) is 38.1. The van der Waals surface area contributed by atoms with Crippen molar-refractivity contribution >= 4 is 17.2 Å². The van der Waals surface area contributed by atoms with Crippen LogP contribution in [0.25, 0.3) is 39.5 Å². The molecule has 2 aliphatic carbocycles. The molecule has 1 spiro atoms. The summed E-state index contributed by atoms with van der Waals surface area (Å²) in [5.74, 6) is 0.327. The molecule has 0 amide bonds. The van der Waals surface area contributed by atoms with Gasteiger partial charge in [0.1, 0.15) is 0 Å². The SMILES string of the molecule is C=C/C=C(/c1ccccc1)C(C)Cc1ccccc1C=CC1=C(/C=C\C)c2ccccc2C12c1ccccc1-c1ccccc12.Cc1ccc(-c2ccccc2)cc1. The molecule has 1 atom stereocenters. The maximum Gasteiger partial charge on any atom is 0.0725 e. The Morgan fingerprint density at radius 3 is 1.69 bits per heavy atom. The molecule has 7 aromatic carbocycles. The number of fused-ring (bicyclic) bond motifs is 7. The Kier molecular flexibility index (Phi) is 11.3. The van der Waals surface area contributed by atoms with Crippen LogP contribution in [0, 0.1) is 12.8 Å². The van der Waals surface area contributed by atoms with Crippen LogP contribution < -0.4 is 0 Å². The van der Waals surface area contributed by atoms with Gasteiger partial charge in [0, 0.05) is 0 Å². The zero-order chi connectivity index (χ0) is 39.9. The zero-order valence-corrected chi connectivity index (χ0v) is 33.8. The van der Waals surface area contributed by atoms with Gasteiger partial charge in [-0.2, -0.15) is 0 Å². The standard InChI is InChI=1S/C45H38.C13H12/c1-4-17-36(34-20-7-6-8-21-34)32(3)31-35-22-10-9-19-33(35)29-30-44-37(18-5-2)38-23-11-14-26-41(38)45(44)42-27-15-12-24-39(42)40-25-13-16-28-43(40)45;1-11-7-9-13(10-8-11)12-5-3-2-4-6-12/h4-30,32H,1,31H2,2-3H3;2-10H,1H3/b18-5-,30-29?,36-17+;. The van der Waals surface area contributed by atoms with Gasteiger partial charge < -0.3 is 0 Å². The van der Waals surface area contributed by atoms with E-state index in [-0.39, 0.29) is 5.41 Å². The van der Waals surface area contributed by atoms with E-state index in [0.29, 0.717) is 5.92 Å². The second-order valence-corrected chi connectivity index (χ2v) is 15.3. The van der Waals surface area contributed by atoms with Crippen LogP contribution in [0.2, 0.25) is 0 Å². The van der Waals surface area contributed by atoms with Crippen molar-refractivity contribution in [2.45, 2.75) is 32.6 Å². The number of allylic oxidation sites excluding steroid dienone is 8. The van der Waals surface area contributed by atoms with E-state index in [4.69, 9.17) is 0 Å². The molecule has 9 rings (SSSR count). The van der Waals surface area contributed by atoms with Gasteiger partial charge in [0.2, 0.25) is 0 Å². The van der Waals surface area contributed by atoms with Crippen molar-refractivity contribution in [3.63, 3.8) is 0 Å². The van der Waals surface area contributed by atoms with Crippen molar-refractivity contribution in [1.29, 1.82) is 0 Å². The Balaban J connectivity index is 0.000000306. The molecule has 0 heterocycles. The predicted octanol–water partition coefficient (Wildman–Crippen LogP) is 15.2. The molecule has 0 heteroatoms. The summed E-state index contributed by atoms with van der Waals surface area (Å²) in [5.41, 5.74) is 19.3. The number of hydrogen-bond donors (Lipinski definition) is 0. The molecule has 0 nitrogen and oxygen atoms in total. The molecule has 0 saturated carbocycles. The molecule has 0 saturated heterocycles. The molecule has 0 radical (unpaired) electrons. The summed E-state index contributed by atoms with van der Waals surface area (Å²) < 4.78 is 0. The van der Waals surface area contributed by atoms with E-state index in [1.54, 1.807) is 0 Å². The van der Waals surface area contributed by atoms with E-state index in [0.717, 1.165) is 6.42 Å². The van der Waals surface area contributed by atoms with E-state index >= 15 is 0 Å². The fourth-order valence-electron chi connectivity index (χ4n) is 9.09. The maximum atomic E-state index is 4.01. The Morgan fingerprint density at radius 1 is 0.552 bits per heavy atom. The summed E-state index contributed by atoms with van der Waals surface area (Å²) in [6.45, 7) is 10.6. The van der Waals surface area contributed by atoms with Crippen molar-refractivity contribution in [2.24, 2.45) is 5.92 Å². The Morgan fingerprint density at radius 2 is 1.07 bits per heavy atom. The lowest BCUT2D eigenvalue weighted by Crippen LogP contribution is -2.26. The minimum Gasteiger partial charge on any atom is -0.0991 e. The van der Waals surface area contributed by atoms with Gasteiger partial charge in [0.25, 0.3) is 0 Å². The molecule has 0 aliphatic heterocycles. The maximum absolute atomic E-state index is 4.01. The van der Waals surface area contributed by atoms with Crippen molar-refractivity contribution in [3.8, 4) is 22.3 Å². The van der Waals surface area contributed by atoms with Crippen molar-refractivity contribution in [1.82, 2.24) is 0 Å². The lowest BCUT2D eigenvalue weighted by molar-refractivity contribution is 0.743. The largest absolute Gasteiger partial charge is 0.0991 e. The second kappa shape index (κ2) is 17.2. The smallest absolute Gasteiger partial charge is 0.0725 e. The van der Waals surface area contributed by atoms with E-state index in [9.17, 15) is 0 Å². The topological polar surface area (TPSA) is 0 Å². The third-order valence-corrected chi connectivity index (χ3v) is 11.7. The summed E-state index contributed by atoms with van der Waals surface area (Å²) in [5, 5.41) is 0. The van der Waals surface area contributed by atoms with Gasteiger partial charge in [-0.25, -0.2) is 0 Å². The normalized spacial score (nSPS) is 14.2. The molecule has 0 N–H and O–H groups in total. The highest BCUT2D eigenvalue weighted by atomic mass is 14.5. The van der Waals surface area contributed by atoms with Crippen LogP contribution in [0.4, 0.5) is 0 Å². The molecule has 282 valence electrons. The molecular formula is C58H50. The van der Waals surface area contributed by atoms with Crippen LogP contribution in [-0.4, -0.2) is 0 Å². The van der Waals surface area contributed by atoms with Gasteiger partial charge in [-0.3, -0.25) is 0 Å². The van der Waals surface area contributed by atoms with Crippen LogP contribution in [0.15, 0.2) is 225 Å². The first-order valence-corrected chi connectivity index (χ1v) is 20.5. The van der Waals surface area contributed by atoms with Crippen LogP contribution in [-0.2, 0) is 11.8 Å². The molecule has 0 bridgehead atoms. The first-order valence-electron chi connectivity index (χ1n) is 20.5. The van der Waals surface area contributed by atoms with E-state index in [1.165, 1.54) is 83.5 Å². The van der Waals surface area contributed by atoms with Gasteiger partial charge in [-0.15, -0.1) is 0 Å². The molecule has 58 heavy (non-hydrogen) atoms. The number of benzene rings is 7. The highest BCUT2D eigenvalue weighted by Crippen LogP contribution is 2.62. The molecule has 7 aromatic rings. The summed E-state index contributed by atoms with van der Waals surface area (Å²) in [4.78, 5) is 0. The van der Waals surface area contributed by atoms with Crippen LogP contribution in [0.3, 0.4) is 0 Å². The minimum atomic E-state index is -0.371. The Bertz CT molecular complexity index is 2620. The molecule has 2 aliphatic rings. The highest BCUT2D eigenvalue weighted by molar-refractivity contribution is 5.98. The number of rotatable bonds is 9. The van der Waals surface area contributed by atoms with Crippen LogP contribution in [0.5, 0.6) is 0 Å². The van der Waals surface area contributed by atoms with E-state index in [2.05, 4.69) is 234 Å². The third-order valence-electron chi connectivity index (χ3n) is 11.7. The Hall–Kier alpha value is -6.76. The van der Waals surface area contributed by atoms with Gasteiger partial charge >= 0.3 is 0 Å². The van der Waals surface area contributed by atoms with Gasteiger partial charge in [0.15, 0.2) is 0 Å².